The Balaban J connectivity index is 2.38. The second-order valence-corrected chi connectivity index (χ2v) is 4.33. The average molecular weight is 292 g/mol. The zero-order valence-electron chi connectivity index (χ0n) is 10.9. The smallest absolute Gasteiger partial charge is 0.292 e. The van der Waals surface area contributed by atoms with Gasteiger partial charge in [0.25, 0.3) is 11.6 Å². The van der Waals surface area contributed by atoms with Crippen molar-refractivity contribution in [1.82, 2.24) is 0 Å². The highest BCUT2D eigenvalue weighted by molar-refractivity contribution is 6.05. The zero-order chi connectivity index (χ0) is 15.6. The van der Waals surface area contributed by atoms with Gasteiger partial charge in [-0.15, -0.1) is 0 Å². The Labute approximate surface area is 118 Å². The molecule has 0 unspecified atom stereocenters. The lowest BCUT2D eigenvalue weighted by Crippen LogP contribution is -2.15. The van der Waals surface area contributed by atoms with Crippen LogP contribution in [0.25, 0.3) is 0 Å². The number of carbonyl (C=O) groups is 1. The van der Waals surface area contributed by atoms with E-state index in [4.69, 9.17) is 0 Å². The second kappa shape index (κ2) is 5.66. The molecular weight excluding hydrogens is 282 g/mol. The molecule has 2 rings (SSSR count). The number of rotatable bonds is 3. The highest BCUT2D eigenvalue weighted by Crippen LogP contribution is 2.26. The van der Waals surface area contributed by atoms with Gasteiger partial charge in [0.2, 0.25) is 0 Å². The fourth-order valence-corrected chi connectivity index (χ4v) is 1.78. The summed E-state index contributed by atoms with van der Waals surface area (Å²) in [6.07, 6.45) is 0. The molecule has 2 aromatic rings. The number of hydrogen-bond acceptors (Lipinski definition) is 3. The van der Waals surface area contributed by atoms with Crippen molar-refractivity contribution < 1.29 is 18.5 Å². The maximum atomic E-state index is 13.5. The number of anilines is 1. The van der Waals surface area contributed by atoms with Gasteiger partial charge in [-0.1, -0.05) is 12.1 Å². The van der Waals surface area contributed by atoms with Crippen molar-refractivity contribution in [1.29, 1.82) is 0 Å². The molecule has 0 saturated carbocycles. The zero-order valence-corrected chi connectivity index (χ0v) is 10.9. The Bertz CT molecular complexity index is 732. The largest absolute Gasteiger partial charge is 0.316 e. The molecule has 5 nitrogen and oxygen atoms in total. The summed E-state index contributed by atoms with van der Waals surface area (Å²) in [5, 5.41) is 13.1. The molecule has 21 heavy (non-hydrogen) atoms. The molecule has 0 aliphatic heterocycles. The minimum atomic E-state index is -1.30. The number of nitro groups is 1. The van der Waals surface area contributed by atoms with Crippen molar-refractivity contribution in [3.05, 3.63) is 69.3 Å². The molecule has 0 aliphatic rings. The van der Waals surface area contributed by atoms with Crippen LogP contribution in [-0.2, 0) is 0 Å². The first kappa shape index (κ1) is 14.6. The van der Waals surface area contributed by atoms with Crippen molar-refractivity contribution in [2.45, 2.75) is 6.92 Å². The van der Waals surface area contributed by atoms with Crippen LogP contribution in [0.4, 0.5) is 20.2 Å². The van der Waals surface area contributed by atoms with Gasteiger partial charge in [0.05, 0.1) is 10.5 Å². The Hall–Kier alpha value is -2.83. The summed E-state index contributed by atoms with van der Waals surface area (Å²) in [5.74, 6) is -3.42. The van der Waals surface area contributed by atoms with Crippen LogP contribution in [0, 0.1) is 28.7 Å². The Kier molecular flexibility index (Phi) is 3.93. The van der Waals surface area contributed by atoms with Crippen LogP contribution in [0.5, 0.6) is 0 Å². The van der Waals surface area contributed by atoms with Crippen LogP contribution in [0.2, 0.25) is 0 Å². The molecule has 0 spiro atoms. The maximum Gasteiger partial charge on any atom is 0.292 e. The van der Waals surface area contributed by atoms with Crippen molar-refractivity contribution in [2.24, 2.45) is 0 Å². The van der Waals surface area contributed by atoms with E-state index in [2.05, 4.69) is 5.32 Å². The average Bonchev–Trinajstić information content (AvgIpc) is 2.41. The van der Waals surface area contributed by atoms with Crippen LogP contribution in [0.3, 0.4) is 0 Å². The van der Waals surface area contributed by atoms with E-state index in [1.807, 2.05) is 0 Å². The molecule has 0 radical (unpaired) electrons. The van der Waals surface area contributed by atoms with Crippen molar-refractivity contribution in [2.75, 3.05) is 5.32 Å². The van der Waals surface area contributed by atoms with Crippen LogP contribution < -0.4 is 5.32 Å². The molecule has 0 aromatic heterocycles. The SMILES string of the molecule is Cc1ccc([N+](=O)[O-])c(NC(=O)c2cccc(F)c2F)c1. The Morgan fingerprint density at radius 1 is 1.24 bits per heavy atom. The van der Waals surface area contributed by atoms with Gasteiger partial charge in [-0.3, -0.25) is 14.9 Å². The fourth-order valence-electron chi connectivity index (χ4n) is 1.78. The quantitative estimate of drug-likeness (QED) is 0.695. The highest BCUT2D eigenvalue weighted by Gasteiger charge is 2.19. The molecule has 1 amide bonds. The number of aryl methyl sites for hydroxylation is 1. The molecule has 0 bridgehead atoms. The maximum absolute atomic E-state index is 13.5. The molecule has 1 N–H and O–H groups in total. The van der Waals surface area contributed by atoms with E-state index in [1.54, 1.807) is 6.92 Å². The Morgan fingerprint density at radius 2 is 1.95 bits per heavy atom. The van der Waals surface area contributed by atoms with Gasteiger partial charge >= 0.3 is 0 Å². The van der Waals surface area contributed by atoms with Crippen LogP contribution in [0.1, 0.15) is 15.9 Å². The summed E-state index contributed by atoms with van der Waals surface area (Å²) in [4.78, 5) is 22.2. The normalized spacial score (nSPS) is 10.2. The minimum Gasteiger partial charge on any atom is -0.316 e. The monoisotopic (exact) mass is 292 g/mol. The third-order valence-corrected chi connectivity index (χ3v) is 2.79. The third-order valence-electron chi connectivity index (χ3n) is 2.79. The van der Waals surface area contributed by atoms with E-state index < -0.39 is 28.0 Å². The lowest BCUT2D eigenvalue weighted by molar-refractivity contribution is -0.383. The number of carbonyl (C=O) groups excluding carboxylic acids is 1. The van der Waals surface area contributed by atoms with Crippen molar-refractivity contribution >= 4 is 17.3 Å². The number of nitrogens with zero attached hydrogens (tertiary/aromatic N) is 1. The number of amides is 1. The van der Waals surface area contributed by atoms with E-state index in [0.29, 0.717) is 5.56 Å². The summed E-state index contributed by atoms with van der Waals surface area (Å²) in [7, 11) is 0. The van der Waals surface area contributed by atoms with E-state index >= 15 is 0 Å². The van der Waals surface area contributed by atoms with E-state index in [-0.39, 0.29) is 11.4 Å². The number of benzene rings is 2. The molecular formula is C14H10F2N2O3. The number of nitrogens with one attached hydrogen (secondary N) is 1. The molecule has 0 fully saturated rings. The highest BCUT2D eigenvalue weighted by atomic mass is 19.2. The van der Waals surface area contributed by atoms with Gasteiger partial charge in [0.1, 0.15) is 5.69 Å². The first-order chi connectivity index (χ1) is 9.90. The molecule has 108 valence electrons. The van der Waals surface area contributed by atoms with Gasteiger partial charge in [-0.05, 0) is 30.7 Å². The summed E-state index contributed by atoms with van der Waals surface area (Å²) in [6, 6.07) is 7.27. The summed E-state index contributed by atoms with van der Waals surface area (Å²) in [5.41, 5.74) is -0.249. The lowest BCUT2D eigenvalue weighted by atomic mass is 10.1. The Morgan fingerprint density at radius 3 is 2.62 bits per heavy atom. The number of hydrogen-bond donors (Lipinski definition) is 1. The summed E-state index contributed by atoms with van der Waals surface area (Å²) in [6.45, 7) is 1.68. The molecule has 0 atom stereocenters. The predicted molar refractivity (Wildman–Crippen MR) is 72.1 cm³/mol. The van der Waals surface area contributed by atoms with Gasteiger partial charge in [0.15, 0.2) is 11.6 Å². The third kappa shape index (κ3) is 3.02. The minimum absolute atomic E-state index is 0.0753. The first-order valence-corrected chi connectivity index (χ1v) is 5.90. The summed E-state index contributed by atoms with van der Waals surface area (Å²) >= 11 is 0. The van der Waals surface area contributed by atoms with Crippen LogP contribution in [0.15, 0.2) is 36.4 Å². The van der Waals surface area contributed by atoms with Crippen LogP contribution in [-0.4, -0.2) is 10.8 Å². The van der Waals surface area contributed by atoms with Gasteiger partial charge in [0, 0.05) is 6.07 Å². The standard InChI is InChI=1S/C14H10F2N2O3/c1-8-5-6-12(18(20)21)11(7-8)17-14(19)9-3-2-4-10(15)13(9)16/h2-7H,1H3,(H,17,19). The van der Waals surface area contributed by atoms with Gasteiger partial charge in [-0.2, -0.15) is 0 Å². The van der Waals surface area contributed by atoms with Gasteiger partial charge < -0.3 is 5.32 Å². The molecule has 0 saturated heterocycles. The van der Waals surface area contributed by atoms with E-state index in [1.165, 1.54) is 24.3 Å². The summed E-state index contributed by atoms with van der Waals surface area (Å²) < 4.78 is 26.6. The first-order valence-electron chi connectivity index (χ1n) is 5.90. The molecule has 7 heteroatoms. The van der Waals surface area contributed by atoms with E-state index in [0.717, 1.165) is 12.1 Å². The topological polar surface area (TPSA) is 72.2 Å². The molecule has 0 aliphatic carbocycles. The lowest BCUT2D eigenvalue weighted by Gasteiger charge is -2.08. The molecule has 0 heterocycles. The van der Waals surface area contributed by atoms with E-state index in [9.17, 15) is 23.7 Å². The molecule has 2 aromatic carbocycles. The van der Waals surface area contributed by atoms with Crippen molar-refractivity contribution in [3.63, 3.8) is 0 Å². The fraction of sp³-hybridized carbons (Fsp3) is 0.0714. The number of halogens is 2. The number of nitro benzene ring substituents is 1. The second-order valence-electron chi connectivity index (χ2n) is 4.33. The van der Waals surface area contributed by atoms with Gasteiger partial charge in [-0.25, -0.2) is 8.78 Å². The van der Waals surface area contributed by atoms with Crippen LogP contribution >= 0.6 is 0 Å². The predicted octanol–water partition coefficient (Wildman–Crippen LogP) is 3.43. The van der Waals surface area contributed by atoms with Crippen molar-refractivity contribution in [3.8, 4) is 0 Å².